The molecule has 1 heterocycles. The van der Waals surface area contributed by atoms with Gasteiger partial charge in [-0.3, -0.25) is 0 Å². The van der Waals surface area contributed by atoms with Crippen LogP contribution in [0.3, 0.4) is 0 Å². The van der Waals surface area contributed by atoms with Gasteiger partial charge in [-0.25, -0.2) is 4.68 Å². The Morgan fingerprint density at radius 1 is 1.00 bits per heavy atom. The fraction of sp³-hybridized carbons (Fsp3) is 0.188. The van der Waals surface area contributed by atoms with Crippen LogP contribution < -0.4 is 5.32 Å². The summed E-state index contributed by atoms with van der Waals surface area (Å²) in [4.78, 5) is 0. The lowest BCUT2D eigenvalue weighted by Gasteiger charge is -2.10. The molecule has 0 spiro atoms. The van der Waals surface area contributed by atoms with Crippen molar-refractivity contribution in [3.63, 3.8) is 0 Å². The molecule has 3 aromatic rings. The molecule has 5 heteroatoms. The molecule has 1 N–H and O–H groups in total. The molecule has 5 nitrogen and oxygen atoms in total. The summed E-state index contributed by atoms with van der Waals surface area (Å²) < 4.78 is 1.64. The minimum atomic E-state index is 0.828. The smallest absolute Gasteiger partial charge is 0.143 e. The van der Waals surface area contributed by atoms with Crippen molar-refractivity contribution in [3.8, 4) is 5.69 Å². The van der Waals surface area contributed by atoms with Crippen molar-refractivity contribution in [2.75, 3.05) is 5.32 Å². The van der Waals surface area contributed by atoms with Crippen molar-refractivity contribution in [2.45, 2.75) is 19.9 Å². The lowest BCUT2D eigenvalue weighted by molar-refractivity contribution is 0.789. The van der Waals surface area contributed by atoms with Crippen molar-refractivity contribution >= 4 is 5.69 Å². The topological polar surface area (TPSA) is 55.6 Å². The summed E-state index contributed by atoms with van der Waals surface area (Å²) in [6, 6.07) is 16.6. The fourth-order valence-corrected chi connectivity index (χ4v) is 2.28. The molecule has 0 aliphatic heterocycles. The first-order valence-electron chi connectivity index (χ1n) is 7.01. The lowest BCUT2D eigenvalue weighted by Crippen LogP contribution is -2.03. The predicted molar refractivity (Wildman–Crippen MR) is 82.3 cm³/mol. The van der Waals surface area contributed by atoms with E-state index in [0.717, 1.165) is 24.3 Å². The van der Waals surface area contributed by atoms with Crippen LogP contribution in [0.5, 0.6) is 0 Å². The average molecular weight is 279 g/mol. The van der Waals surface area contributed by atoms with Crippen LogP contribution in [0.1, 0.15) is 18.1 Å². The van der Waals surface area contributed by atoms with E-state index in [1.165, 1.54) is 11.1 Å². The number of tetrazole rings is 1. The number of nitrogens with zero attached hydrogens (tertiary/aromatic N) is 4. The number of benzene rings is 2. The number of rotatable bonds is 5. The Kier molecular flexibility index (Phi) is 3.91. The summed E-state index contributed by atoms with van der Waals surface area (Å²) in [6.45, 7) is 3.01. The van der Waals surface area contributed by atoms with E-state index in [2.05, 4.69) is 52.0 Å². The van der Waals surface area contributed by atoms with Gasteiger partial charge in [0.1, 0.15) is 6.33 Å². The Morgan fingerprint density at radius 2 is 1.76 bits per heavy atom. The first-order chi connectivity index (χ1) is 10.4. The van der Waals surface area contributed by atoms with E-state index in [9.17, 15) is 0 Å². The van der Waals surface area contributed by atoms with Crippen LogP contribution in [0.2, 0.25) is 0 Å². The first-order valence-corrected chi connectivity index (χ1v) is 7.01. The van der Waals surface area contributed by atoms with Crippen molar-refractivity contribution in [1.29, 1.82) is 0 Å². The molecule has 0 amide bonds. The molecule has 106 valence electrons. The van der Waals surface area contributed by atoms with Gasteiger partial charge < -0.3 is 5.32 Å². The maximum atomic E-state index is 3.87. The van der Waals surface area contributed by atoms with Gasteiger partial charge in [-0.15, -0.1) is 5.10 Å². The van der Waals surface area contributed by atoms with Crippen LogP contribution in [0.15, 0.2) is 54.9 Å². The first kappa shape index (κ1) is 13.3. The quantitative estimate of drug-likeness (QED) is 0.780. The van der Waals surface area contributed by atoms with E-state index in [0.29, 0.717) is 0 Å². The molecule has 0 saturated heterocycles. The van der Waals surface area contributed by atoms with Crippen LogP contribution in [0.25, 0.3) is 5.69 Å². The monoisotopic (exact) mass is 279 g/mol. The molecule has 0 aliphatic rings. The molecule has 21 heavy (non-hydrogen) atoms. The Morgan fingerprint density at radius 3 is 2.43 bits per heavy atom. The molecule has 0 saturated carbocycles. The maximum Gasteiger partial charge on any atom is 0.143 e. The summed E-state index contributed by atoms with van der Waals surface area (Å²) in [5.74, 6) is 0. The van der Waals surface area contributed by atoms with E-state index in [1.807, 2.05) is 24.3 Å². The van der Waals surface area contributed by atoms with E-state index in [-0.39, 0.29) is 0 Å². The van der Waals surface area contributed by atoms with Gasteiger partial charge in [-0.05, 0) is 52.2 Å². The van der Waals surface area contributed by atoms with Gasteiger partial charge in [0.2, 0.25) is 0 Å². The lowest BCUT2D eigenvalue weighted by atomic mass is 10.1. The highest BCUT2D eigenvalue weighted by Crippen LogP contribution is 2.15. The number of aryl methyl sites for hydroxylation is 1. The van der Waals surface area contributed by atoms with Crippen LogP contribution in [-0.4, -0.2) is 20.2 Å². The van der Waals surface area contributed by atoms with Crippen LogP contribution >= 0.6 is 0 Å². The molecule has 3 rings (SSSR count). The third-order valence-corrected chi connectivity index (χ3v) is 3.46. The second-order valence-electron chi connectivity index (χ2n) is 4.78. The SMILES string of the molecule is CCc1ccccc1CNc1ccc(-n2cnnn2)cc1. The van der Waals surface area contributed by atoms with Crippen LogP contribution in [0, 0.1) is 0 Å². The molecule has 0 radical (unpaired) electrons. The van der Waals surface area contributed by atoms with Gasteiger partial charge in [0.15, 0.2) is 0 Å². The summed E-state index contributed by atoms with van der Waals surface area (Å²) in [6.07, 6.45) is 2.63. The van der Waals surface area contributed by atoms with Crippen molar-refractivity contribution in [3.05, 3.63) is 66.0 Å². The Labute approximate surface area is 123 Å². The fourth-order valence-electron chi connectivity index (χ4n) is 2.28. The zero-order valence-electron chi connectivity index (χ0n) is 11.9. The Hall–Kier alpha value is -2.69. The standard InChI is InChI=1S/C16H17N5/c1-2-13-5-3-4-6-14(13)11-17-15-7-9-16(10-8-15)21-12-18-19-20-21/h3-10,12,17H,2,11H2,1H3. The number of aromatic nitrogens is 4. The number of hydrogen-bond donors (Lipinski definition) is 1. The summed E-state index contributed by atoms with van der Waals surface area (Å²) in [7, 11) is 0. The second-order valence-corrected chi connectivity index (χ2v) is 4.78. The van der Waals surface area contributed by atoms with Crippen molar-refractivity contribution in [1.82, 2.24) is 20.2 Å². The Bertz CT molecular complexity index is 689. The van der Waals surface area contributed by atoms with Crippen LogP contribution in [0.4, 0.5) is 5.69 Å². The molecular weight excluding hydrogens is 262 g/mol. The van der Waals surface area contributed by atoms with E-state index in [4.69, 9.17) is 0 Å². The molecule has 2 aromatic carbocycles. The van der Waals surface area contributed by atoms with E-state index < -0.39 is 0 Å². The molecule has 0 unspecified atom stereocenters. The minimum Gasteiger partial charge on any atom is -0.381 e. The molecule has 0 bridgehead atoms. The van der Waals surface area contributed by atoms with Gasteiger partial charge in [0, 0.05) is 12.2 Å². The van der Waals surface area contributed by atoms with Gasteiger partial charge in [0.25, 0.3) is 0 Å². The number of anilines is 1. The van der Waals surface area contributed by atoms with Gasteiger partial charge >= 0.3 is 0 Å². The zero-order chi connectivity index (χ0) is 14.5. The summed E-state index contributed by atoms with van der Waals surface area (Å²) in [5, 5.41) is 14.6. The largest absolute Gasteiger partial charge is 0.381 e. The van der Waals surface area contributed by atoms with E-state index >= 15 is 0 Å². The highest BCUT2D eigenvalue weighted by molar-refractivity contribution is 5.49. The molecule has 0 fully saturated rings. The Balaban J connectivity index is 1.68. The zero-order valence-corrected chi connectivity index (χ0v) is 11.9. The molecule has 1 aromatic heterocycles. The van der Waals surface area contributed by atoms with E-state index in [1.54, 1.807) is 11.0 Å². The highest BCUT2D eigenvalue weighted by Gasteiger charge is 2.01. The van der Waals surface area contributed by atoms with Gasteiger partial charge in [0.05, 0.1) is 5.69 Å². The minimum absolute atomic E-state index is 0.828. The summed E-state index contributed by atoms with van der Waals surface area (Å²) >= 11 is 0. The maximum absolute atomic E-state index is 3.87. The van der Waals surface area contributed by atoms with Gasteiger partial charge in [-0.2, -0.15) is 0 Å². The second kappa shape index (κ2) is 6.17. The predicted octanol–water partition coefficient (Wildman–Crippen LogP) is 2.84. The summed E-state index contributed by atoms with van der Waals surface area (Å²) in [5.41, 5.74) is 4.75. The molecular formula is C16H17N5. The average Bonchev–Trinajstić information content (AvgIpc) is 3.08. The highest BCUT2D eigenvalue weighted by atomic mass is 15.5. The normalized spacial score (nSPS) is 10.5. The molecule has 0 atom stereocenters. The number of hydrogen-bond acceptors (Lipinski definition) is 4. The van der Waals surface area contributed by atoms with Crippen molar-refractivity contribution < 1.29 is 0 Å². The third-order valence-electron chi connectivity index (χ3n) is 3.46. The van der Waals surface area contributed by atoms with Crippen molar-refractivity contribution in [2.24, 2.45) is 0 Å². The molecule has 0 aliphatic carbocycles. The van der Waals surface area contributed by atoms with Crippen LogP contribution in [-0.2, 0) is 13.0 Å². The third kappa shape index (κ3) is 3.08. The number of nitrogens with one attached hydrogen (secondary N) is 1. The van der Waals surface area contributed by atoms with Gasteiger partial charge in [-0.1, -0.05) is 31.2 Å².